The van der Waals surface area contributed by atoms with Crippen LogP contribution in [0, 0.1) is 0 Å². The van der Waals surface area contributed by atoms with E-state index in [-0.39, 0.29) is 17.9 Å². The predicted molar refractivity (Wildman–Crippen MR) is 113 cm³/mol. The van der Waals surface area contributed by atoms with Gasteiger partial charge in [0.25, 0.3) is 5.91 Å². The lowest BCUT2D eigenvalue weighted by Gasteiger charge is -2.23. The Kier molecular flexibility index (Phi) is 7.30. The molecule has 1 aliphatic rings. The van der Waals surface area contributed by atoms with Gasteiger partial charge < -0.3 is 24.4 Å². The van der Waals surface area contributed by atoms with Crippen molar-refractivity contribution in [3.63, 3.8) is 0 Å². The normalized spacial score (nSPS) is 18.0. The minimum Gasteiger partial charge on any atom is -0.497 e. The first-order valence-corrected chi connectivity index (χ1v) is 10.2. The van der Waals surface area contributed by atoms with Gasteiger partial charge in [0.2, 0.25) is 0 Å². The average molecular weight is 413 g/mol. The van der Waals surface area contributed by atoms with Crippen LogP contribution in [-0.4, -0.2) is 45.8 Å². The molecule has 1 unspecified atom stereocenters. The third kappa shape index (κ3) is 5.10. The number of rotatable bonds is 8. The Balaban J connectivity index is 1.66. The van der Waals surface area contributed by atoms with Gasteiger partial charge in [0.1, 0.15) is 17.5 Å². The molecule has 1 saturated heterocycles. The molecule has 2 aromatic carbocycles. The lowest BCUT2D eigenvalue weighted by molar-refractivity contribution is -0.910. The molecular formula is C23H29N2O5+. The number of ether oxygens (including phenoxy) is 3. The van der Waals surface area contributed by atoms with Gasteiger partial charge in [-0.2, -0.15) is 0 Å². The molecule has 0 spiro atoms. The summed E-state index contributed by atoms with van der Waals surface area (Å²) >= 11 is 0. The summed E-state index contributed by atoms with van der Waals surface area (Å²) in [5.74, 6) is 1.16. The van der Waals surface area contributed by atoms with Crippen molar-refractivity contribution in [3.05, 3.63) is 53.6 Å². The molecule has 1 aliphatic heterocycles. The standard InChI is InChI=1S/C23H28N2O5/c1-4-30-23(27)16-7-9-17(10-8-16)24-22(26)15-25-13-5-6-20(25)19-14-18(28-2)11-12-21(19)29-3/h7-12,14,20H,4-6,13,15H2,1-3H3,(H,24,26)/p+1/t20-/m0/s1. The summed E-state index contributed by atoms with van der Waals surface area (Å²) in [6.07, 6.45) is 2.03. The number of quaternary nitrogens is 1. The molecule has 0 aromatic heterocycles. The second-order valence-corrected chi connectivity index (χ2v) is 7.23. The zero-order valence-corrected chi connectivity index (χ0v) is 17.7. The first kappa shape index (κ1) is 21.6. The average Bonchev–Trinajstić information content (AvgIpc) is 3.21. The Bertz CT molecular complexity index is 882. The summed E-state index contributed by atoms with van der Waals surface area (Å²) < 4.78 is 15.9. The molecule has 3 rings (SSSR count). The van der Waals surface area contributed by atoms with Gasteiger partial charge in [0.05, 0.1) is 38.5 Å². The van der Waals surface area contributed by atoms with Gasteiger partial charge in [-0.05, 0) is 49.4 Å². The van der Waals surface area contributed by atoms with Crippen molar-refractivity contribution in [3.8, 4) is 11.5 Å². The van der Waals surface area contributed by atoms with Crippen molar-refractivity contribution in [2.45, 2.75) is 25.8 Å². The minimum atomic E-state index is -0.369. The van der Waals surface area contributed by atoms with Crippen LogP contribution in [0.5, 0.6) is 11.5 Å². The molecule has 7 heteroatoms. The van der Waals surface area contributed by atoms with Crippen molar-refractivity contribution in [1.29, 1.82) is 0 Å². The van der Waals surface area contributed by atoms with Crippen molar-refractivity contribution in [1.82, 2.24) is 0 Å². The molecule has 7 nitrogen and oxygen atoms in total. The smallest absolute Gasteiger partial charge is 0.338 e. The van der Waals surface area contributed by atoms with E-state index in [1.165, 1.54) is 4.90 Å². The van der Waals surface area contributed by atoms with E-state index in [1.807, 2.05) is 18.2 Å². The topological polar surface area (TPSA) is 78.3 Å². The van der Waals surface area contributed by atoms with Crippen LogP contribution >= 0.6 is 0 Å². The molecule has 0 bridgehead atoms. The Morgan fingerprint density at radius 2 is 1.87 bits per heavy atom. The van der Waals surface area contributed by atoms with Crippen LogP contribution in [-0.2, 0) is 9.53 Å². The van der Waals surface area contributed by atoms with Crippen LogP contribution in [0.4, 0.5) is 5.69 Å². The molecule has 30 heavy (non-hydrogen) atoms. The number of carbonyl (C=O) groups excluding carboxylic acids is 2. The lowest BCUT2D eigenvalue weighted by Crippen LogP contribution is -3.11. The fourth-order valence-electron chi connectivity index (χ4n) is 3.93. The van der Waals surface area contributed by atoms with E-state index in [0.717, 1.165) is 36.4 Å². The molecule has 0 radical (unpaired) electrons. The van der Waals surface area contributed by atoms with E-state index in [9.17, 15) is 9.59 Å². The fraction of sp³-hybridized carbons (Fsp3) is 0.391. The first-order chi connectivity index (χ1) is 14.5. The van der Waals surface area contributed by atoms with E-state index in [4.69, 9.17) is 14.2 Å². The second-order valence-electron chi connectivity index (χ2n) is 7.23. The highest BCUT2D eigenvalue weighted by molar-refractivity contribution is 5.93. The number of likely N-dealkylation sites (tertiary alicyclic amines) is 1. The monoisotopic (exact) mass is 413 g/mol. The van der Waals surface area contributed by atoms with Gasteiger partial charge in [-0.15, -0.1) is 0 Å². The molecule has 1 amide bonds. The SMILES string of the molecule is CCOC(=O)c1ccc(NC(=O)C[NH+]2CCC[C@H]2c2cc(OC)ccc2OC)cc1. The molecule has 1 heterocycles. The maximum absolute atomic E-state index is 12.7. The Morgan fingerprint density at radius 1 is 1.10 bits per heavy atom. The van der Waals surface area contributed by atoms with E-state index in [2.05, 4.69) is 5.32 Å². The summed E-state index contributed by atoms with van der Waals surface area (Å²) in [5, 5.41) is 2.92. The number of nitrogens with one attached hydrogen (secondary N) is 2. The van der Waals surface area contributed by atoms with Crippen molar-refractivity contribution >= 4 is 17.6 Å². The Morgan fingerprint density at radius 3 is 2.53 bits per heavy atom. The number of benzene rings is 2. The summed E-state index contributed by atoms with van der Waals surface area (Å²) in [6, 6.07) is 12.7. The van der Waals surface area contributed by atoms with Crippen LogP contribution in [0.15, 0.2) is 42.5 Å². The molecule has 0 aliphatic carbocycles. The van der Waals surface area contributed by atoms with Crippen LogP contribution < -0.4 is 19.7 Å². The van der Waals surface area contributed by atoms with Crippen molar-refractivity contribution in [2.75, 3.05) is 39.2 Å². The van der Waals surface area contributed by atoms with E-state index < -0.39 is 0 Å². The second kappa shape index (κ2) is 10.1. The van der Waals surface area contributed by atoms with Crippen molar-refractivity contribution < 1.29 is 28.7 Å². The Labute approximate surface area is 176 Å². The number of amides is 1. The quantitative estimate of drug-likeness (QED) is 0.649. The van der Waals surface area contributed by atoms with Gasteiger partial charge in [-0.3, -0.25) is 4.79 Å². The molecular weight excluding hydrogens is 384 g/mol. The summed E-state index contributed by atoms with van der Waals surface area (Å²) in [4.78, 5) is 25.6. The Hall–Kier alpha value is -3.06. The lowest BCUT2D eigenvalue weighted by atomic mass is 10.0. The number of carbonyl (C=O) groups is 2. The zero-order valence-electron chi connectivity index (χ0n) is 17.7. The molecule has 1 fully saturated rings. The summed E-state index contributed by atoms with van der Waals surface area (Å²) in [7, 11) is 3.30. The number of methoxy groups -OCH3 is 2. The number of hydrogen-bond acceptors (Lipinski definition) is 5. The van der Waals surface area contributed by atoms with Crippen LogP contribution in [0.2, 0.25) is 0 Å². The zero-order chi connectivity index (χ0) is 21.5. The third-order valence-corrected chi connectivity index (χ3v) is 5.36. The van der Waals surface area contributed by atoms with Crippen LogP contribution in [0.1, 0.15) is 41.7 Å². The highest BCUT2D eigenvalue weighted by Crippen LogP contribution is 2.31. The van der Waals surface area contributed by atoms with Gasteiger partial charge in [0, 0.05) is 18.5 Å². The molecule has 2 atom stereocenters. The number of esters is 1. The number of hydrogen-bond donors (Lipinski definition) is 2. The van der Waals surface area contributed by atoms with Crippen molar-refractivity contribution in [2.24, 2.45) is 0 Å². The largest absolute Gasteiger partial charge is 0.497 e. The summed E-state index contributed by atoms with van der Waals surface area (Å²) in [6.45, 7) is 3.36. The van der Waals surface area contributed by atoms with E-state index in [1.54, 1.807) is 45.4 Å². The maximum Gasteiger partial charge on any atom is 0.338 e. The van der Waals surface area contributed by atoms with Gasteiger partial charge in [-0.25, -0.2) is 4.79 Å². The van der Waals surface area contributed by atoms with E-state index in [0.29, 0.717) is 24.4 Å². The molecule has 0 saturated carbocycles. The van der Waals surface area contributed by atoms with Gasteiger partial charge >= 0.3 is 5.97 Å². The maximum atomic E-state index is 12.7. The minimum absolute atomic E-state index is 0.0670. The fourth-order valence-corrected chi connectivity index (χ4v) is 3.93. The highest BCUT2D eigenvalue weighted by atomic mass is 16.5. The van der Waals surface area contributed by atoms with Gasteiger partial charge in [0.15, 0.2) is 6.54 Å². The summed E-state index contributed by atoms with van der Waals surface area (Å²) in [5.41, 5.74) is 2.18. The number of anilines is 1. The van der Waals surface area contributed by atoms with E-state index >= 15 is 0 Å². The van der Waals surface area contributed by atoms with Crippen LogP contribution in [0.25, 0.3) is 0 Å². The first-order valence-electron chi connectivity index (χ1n) is 10.2. The molecule has 2 aromatic rings. The van der Waals surface area contributed by atoms with Crippen LogP contribution in [0.3, 0.4) is 0 Å². The third-order valence-electron chi connectivity index (χ3n) is 5.36. The molecule has 160 valence electrons. The molecule has 2 N–H and O–H groups in total. The predicted octanol–water partition coefficient (Wildman–Crippen LogP) is 2.24. The highest BCUT2D eigenvalue weighted by Gasteiger charge is 2.34. The van der Waals surface area contributed by atoms with Gasteiger partial charge in [-0.1, -0.05) is 0 Å².